The van der Waals surface area contributed by atoms with Crippen molar-refractivity contribution in [3.8, 4) is 0 Å². The van der Waals surface area contributed by atoms with Crippen LogP contribution < -0.4 is 0 Å². The second kappa shape index (κ2) is 3.97. The molecule has 0 saturated heterocycles. The van der Waals surface area contributed by atoms with Crippen LogP contribution in [0.1, 0.15) is 0 Å². The number of fused-ring (bicyclic) bond motifs is 3. The van der Waals surface area contributed by atoms with Gasteiger partial charge < -0.3 is 0 Å². The van der Waals surface area contributed by atoms with Crippen molar-refractivity contribution in [2.45, 2.75) is 0 Å². The third-order valence-electron chi connectivity index (χ3n) is 2.34. The fourth-order valence-corrected chi connectivity index (χ4v) is 1.68. The molecule has 71 valence electrons. The van der Waals surface area contributed by atoms with Crippen molar-refractivity contribution in [1.29, 1.82) is 0 Å². The predicted molar refractivity (Wildman–Crippen MR) is 57.0 cm³/mol. The Morgan fingerprint density at radius 3 is 1.60 bits per heavy atom. The second-order valence-corrected chi connectivity index (χ2v) is 3.22. The zero-order chi connectivity index (χ0) is 9.38. The van der Waals surface area contributed by atoms with Crippen molar-refractivity contribution in [2.24, 2.45) is 0 Å². The first-order valence-electron chi connectivity index (χ1n) is 4.53. The van der Waals surface area contributed by atoms with E-state index in [-0.39, 0.29) is 17.1 Å². The van der Waals surface area contributed by atoms with Crippen LogP contribution in [0.25, 0.3) is 21.8 Å². The van der Waals surface area contributed by atoms with E-state index < -0.39 is 0 Å². The van der Waals surface area contributed by atoms with E-state index in [4.69, 9.17) is 0 Å². The molecule has 3 rings (SSSR count). The summed E-state index contributed by atoms with van der Waals surface area (Å²) in [6.07, 6.45) is 3.60. The third-order valence-corrected chi connectivity index (χ3v) is 2.34. The molecule has 0 saturated carbocycles. The van der Waals surface area contributed by atoms with Crippen molar-refractivity contribution in [1.82, 2.24) is 9.97 Å². The number of hydrogen-bond donors (Lipinski definition) is 0. The second-order valence-electron chi connectivity index (χ2n) is 3.22. The first-order chi connectivity index (χ1) is 6.95. The normalized spacial score (nSPS) is 10.1. The van der Waals surface area contributed by atoms with E-state index in [2.05, 4.69) is 34.2 Å². The van der Waals surface area contributed by atoms with Gasteiger partial charge in [0.2, 0.25) is 0 Å². The van der Waals surface area contributed by atoms with Crippen LogP contribution in [0.2, 0.25) is 0 Å². The Morgan fingerprint density at radius 1 is 0.667 bits per heavy atom. The van der Waals surface area contributed by atoms with E-state index in [1.54, 1.807) is 12.4 Å². The van der Waals surface area contributed by atoms with Gasteiger partial charge in [0.1, 0.15) is 0 Å². The Hall–Kier alpha value is -1.44. The molecule has 0 aliphatic carbocycles. The van der Waals surface area contributed by atoms with Gasteiger partial charge in [-0.15, -0.1) is 0 Å². The Morgan fingerprint density at radius 2 is 1.13 bits per heavy atom. The van der Waals surface area contributed by atoms with Gasteiger partial charge in [-0.1, -0.05) is 24.3 Å². The van der Waals surface area contributed by atoms with Crippen LogP contribution in [-0.2, 0) is 17.1 Å². The van der Waals surface area contributed by atoms with Crippen LogP contribution in [-0.4, -0.2) is 9.97 Å². The molecule has 3 heteroatoms. The van der Waals surface area contributed by atoms with E-state index in [1.165, 1.54) is 0 Å². The van der Waals surface area contributed by atoms with Crippen molar-refractivity contribution in [3.63, 3.8) is 0 Å². The molecule has 0 N–H and O–H groups in total. The Kier molecular flexibility index (Phi) is 2.67. The molecule has 0 aliphatic rings. The molecular weight excluding hydrogens is 228 g/mol. The van der Waals surface area contributed by atoms with Gasteiger partial charge in [-0.2, -0.15) is 0 Å². The molecule has 0 spiro atoms. The third kappa shape index (κ3) is 1.60. The van der Waals surface area contributed by atoms with Crippen LogP contribution >= 0.6 is 0 Å². The molecule has 2 aromatic heterocycles. The summed E-state index contributed by atoms with van der Waals surface area (Å²) in [6, 6.07) is 12.1. The topological polar surface area (TPSA) is 25.8 Å². The van der Waals surface area contributed by atoms with Gasteiger partial charge in [-0.05, 0) is 12.1 Å². The molecule has 0 aliphatic heterocycles. The minimum Gasteiger partial charge on any atom is -0.254 e. The molecule has 15 heavy (non-hydrogen) atoms. The molecule has 2 heterocycles. The van der Waals surface area contributed by atoms with Crippen molar-refractivity contribution < 1.29 is 17.1 Å². The summed E-state index contributed by atoms with van der Waals surface area (Å²) < 4.78 is 0. The quantitative estimate of drug-likeness (QED) is 0.443. The van der Waals surface area contributed by atoms with Crippen LogP contribution in [0, 0.1) is 0 Å². The molecule has 0 unspecified atom stereocenters. The maximum atomic E-state index is 4.35. The standard InChI is InChI=1S/C12H8N2.Fe/c1-3-9-5-6-10-4-2-8-14-12(10)11(9)13-7-1;/h1-8H;/q;+3. The first-order valence-corrected chi connectivity index (χ1v) is 4.53. The number of hydrogen-bond acceptors (Lipinski definition) is 2. The van der Waals surface area contributed by atoms with Gasteiger partial charge in [-0.3, -0.25) is 9.97 Å². The number of aromatic nitrogens is 2. The summed E-state index contributed by atoms with van der Waals surface area (Å²) >= 11 is 0. The van der Waals surface area contributed by atoms with Gasteiger partial charge >= 0.3 is 17.1 Å². The van der Waals surface area contributed by atoms with Crippen LogP contribution in [0.4, 0.5) is 0 Å². The number of nitrogens with zero attached hydrogens (tertiary/aromatic N) is 2. The summed E-state index contributed by atoms with van der Waals surface area (Å²) in [5, 5.41) is 2.28. The molecule has 0 amide bonds. The SMILES string of the molecule is [Fe+3].c1cnc2c(c1)ccc1cccnc12. The van der Waals surface area contributed by atoms with Crippen LogP contribution in [0.3, 0.4) is 0 Å². The van der Waals surface area contributed by atoms with E-state index in [0.717, 1.165) is 21.8 Å². The van der Waals surface area contributed by atoms with Gasteiger partial charge in [0.15, 0.2) is 0 Å². The molecule has 0 atom stereocenters. The fraction of sp³-hybridized carbons (Fsp3) is 0. The first kappa shape index (κ1) is 10.1. The Balaban J connectivity index is 0.000000853. The summed E-state index contributed by atoms with van der Waals surface area (Å²) in [4.78, 5) is 8.69. The minimum absolute atomic E-state index is 0. The van der Waals surface area contributed by atoms with E-state index >= 15 is 0 Å². The van der Waals surface area contributed by atoms with E-state index in [9.17, 15) is 0 Å². The average Bonchev–Trinajstić information content (AvgIpc) is 2.29. The Labute approximate surface area is 97.8 Å². The van der Waals surface area contributed by atoms with Gasteiger partial charge in [0.25, 0.3) is 0 Å². The molecule has 2 nitrogen and oxygen atoms in total. The molecule has 0 bridgehead atoms. The van der Waals surface area contributed by atoms with Gasteiger partial charge in [0.05, 0.1) is 11.0 Å². The summed E-state index contributed by atoms with van der Waals surface area (Å²) in [6.45, 7) is 0. The maximum absolute atomic E-state index is 4.35. The average molecular weight is 236 g/mol. The summed E-state index contributed by atoms with van der Waals surface area (Å²) in [5.74, 6) is 0. The number of benzene rings is 1. The fourth-order valence-electron chi connectivity index (χ4n) is 1.68. The van der Waals surface area contributed by atoms with Gasteiger partial charge in [0, 0.05) is 23.2 Å². The van der Waals surface area contributed by atoms with Crippen LogP contribution in [0.5, 0.6) is 0 Å². The van der Waals surface area contributed by atoms with Crippen LogP contribution in [0.15, 0.2) is 48.8 Å². The van der Waals surface area contributed by atoms with Gasteiger partial charge in [-0.25, -0.2) is 0 Å². The minimum atomic E-state index is 0. The summed E-state index contributed by atoms with van der Waals surface area (Å²) in [7, 11) is 0. The Bertz CT molecular complexity index is 553. The maximum Gasteiger partial charge on any atom is 3.00 e. The summed E-state index contributed by atoms with van der Waals surface area (Å²) in [5.41, 5.74) is 1.95. The zero-order valence-electron chi connectivity index (χ0n) is 7.87. The van der Waals surface area contributed by atoms with Crippen molar-refractivity contribution >= 4 is 21.8 Å². The zero-order valence-corrected chi connectivity index (χ0v) is 8.97. The molecule has 0 fully saturated rings. The molecular formula is C12H8FeN2+3. The molecule has 1 aromatic carbocycles. The largest absolute Gasteiger partial charge is 3.00 e. The monoisotopic (exact) mass is 236 g/mol. The predicted octanol–water partition coefficient (Wildman–Crippen LogP) is 2.78. The number of rotatable bonds is 0. The van der Waals surface area contributed by atoms with Crippen molar-refractivity contribution in [2.75, 3.05) is 0 Å². The molecule has 3 aromatic rings. The van der Waals surface area contributed by atoms with E-state index in [0.29, 0.717) is 0 Å². The smallest absolute Gasteiger partial charge is 0.254 e. The van der Waals surface area contributed by atoms with E-state index in [1.807, 2.05) is 12.1 Å². The number of pyridine rings is 2. The van der Waals surface area contributed by atoms with Crippen molar-refractivity contribution in [3.05, 3.63) is 48.8 Å². The molecule has 1 radical (unpaired) electrons.